The third kappa shape index (κ3) is 7.21. The van der Waals surface area contributed by atoms with Gasteiger partial charge in [-0.25, -0.2) is 8.42 Å². The normalized spacial score (nSPS) is 12.1. The standard InChI is InChI=1S/C31H39N3O5S/c1-7-28(31(36)32-22(2)3)33(20-25-16-18-26(39-6)19-17-25)30(35)21-34(29-15-11-12-23(4)24(29)5)40(37,38)27-13-9-8-10-14-27/h8-19,22,28H,7,20-21H2,1-6H3,(H,32,36)/t28-/m1/s1. The van der Waals surface area contributed by atoms with Crippen LogP contribution in [-0.2, 0) is 26.2 Å². The summed E-state index contributed by atoms with van der Waals surface area (Å²) < 4.78 is 34.3. The first-order valence-electron chi connectivity index (χ1n) is 13.4. The van der Waals surface area contributed by atoms with Crippen molar-refractivity contribution in [2.75, 3.05) is 18.0 Å². The Morgan fingerprint density at radius 1 is 0.925 bits per heavy atom. The van der Waals surface area contributed by atoms with Crippen molar-refractivity contribution in [2.24, 2.45) is 0 Å². The summed E-state index contributed by atoms with van der Waals surface area (Å²) in [6.07, 6.45) is 0.357. The molecular formula is C31H39N3O5S. The van der Waals surface area contributed by atoms with Gasteiger partial charge in [0.25, 0.3) is 10.0 Å². The summed E-state index contributed by atoms with van der Waals surface area (Å²) in [5.74, 6) is -0.105. The molecule has 0 aliphatic carbocycles. The quantitative estimate of drug-likeness (QED) is 0.339. The van der Waals surface area contributed by atoms with Gasteiger partial charge in [0.05, 0.1) is 17.7 Å². The average Bonchev–Trinajstić information content (AvgIpc) is 2.93. The summed E-state index contributed by atoms with van der Waals surface area (Å²) in [5.41, 5.74) is 2.85. The van der Waals surface area contributed by atoms with Crippen molar-refractivity contribution in [3.8, 4) is 5.75 Å². The topological polar surface area (TPSA) is 96.0 Å². The molecule has 0 radical (unpaired) electrons. The number of carbonyl (C=O) groups is 2. The number of carbonyl (C=O) groups excluding carboxylic acids is 2. The Hall–Kier alpha value is -3.85. The number of methoxy groups -OCH3 is 1. The number of hydrogen-bond donors (Lipinski definition) is 1. The van der Waals surface area contributed by atoms with E-state index in [4.69, 9.17) is 4.74 Å². The predicted molar refractivity (Wildman–Crippen MR) is 158 cm³/mol. The molecular weight excluding hydrogens is 526 g/mol. The number of rotatable bonds is 12. The molecule has 8 nitrogen and oxygen atoms in total. The molecule has 0 aromatic heterocycles. The minimum Gasteiger partial charge on any atom is -0.497 e. The van der Waals surface area contributed by atoms with Gasteiger partial charge in [-0.2, -0.15) is 0 Å². The summed E-state index contributed by atoms with van der Waals surface area (Å²) in [5, 5.41) is 2.91. The zero-order chi connectivity index (χ0) is 29.4. The van der Waals surface area contributed by atoms with E-state index in [0.29, 0.717) is 17.9 Å². The number of anilines is 1. The first-order valence-corrected chi connectivity index (χ1v) is 14.8. The van der Waals surface area contributed by atoms with E-state index >= 15 is 0 Å². The molecule has 1 atom stereocenters. The van der Waals surface area contributed by atoms with E-state index in [2.05, 4.69) is 5.32 Å². The lowest BCUT2D eigenvalue weighted by Gasteiger charge is -2.34. The average molecular weight is 566 g/mol. The largest absolute Gasteiger partial charge is 0.497 e. The van der Waals surface area contributed by atoms with Crippen LogP contribution in [0.3, 0.4) is 0 Å². The smallest absolute Gasteiger partial charge is 0.264 e. The van der Waals surface area contributed by atoms with Crippen LogP contribution >= 0.6 is 0 Å². The molecule has 0 aliphatic heterocycles. The van der Waals surface area contributed by atoms with Crippen LogP contribution in [0.25, 0.3) is 0 Å². The van der Waals surface area contributed by atoms with E-state index in [1.54, 1.807) is 49.6 Å². The Balaban J connectivity index is 2.09. The second-order valence-electron chi connectivity index (χ2n) is 10.0. The number of ether oxygens (including phenoxy) is 1. The van der Waals surface area contributed by atoms with Gasteiger partial charge in [0.1, 0.15) is 18.3 Å². The number of nitrogens with zero attached hydrogens (tertiary/aromatic N) is 2. The van der Waals surface area contributed by atoms with E-state index < -0.39 is 28.5 Å². The number of aryl methyl sites for hydroxylation is 1. The van der Waals surface area contributed by atoms with Crippen LogP contribution in [0.5, 0.6) is 5.75 Å². The highest BCUT2D eigenvalue weighted by Crippen LogP contribution is 2.29. The van der Waals surface area contributed by atoms with Gasteiger partial charge in [0.15, 0.2) is 0 Å². The third-order valence-corrected chi connectivity index (χ3v) is 8.56. The molecule has 3 aromatic rings. The summed E-state index contributed by atoms with van der Waals surface area (Å²) in [7, 11) is -2.53. The van der Waals surface area contributed by atoms with Gasteiger partial charge in [-0.1, -0.05) is 49.4 Å². The molecule has 3 aromatic carbocycles. The van der Waals surface area contributed by atoms with E-state index in [9.17, 15) is 18.0 Å². The predicted octanol–water partition coefficient (Wildman–Crippen LogP) is 4.84. The summed E-state index contributed by atoms with van der Waals surface area (Å²) in [4.78, 5) is 28.9. The molecule has 40 heavy (non-hydrogen) atoms. The minimum absolute atomic E-state index is 0.0787. The second-order valence-corrected chi connectivity index (χ2v) is 11.9. The fraction of sp³-hybridized carbons (Fsp3) is 0.355. The molecule has 0 heterocycles. The lowest BCUT2D eigenvalue weighted by Crippen LogP contribution is -2.53. The summed E-state index contributed by atoms with van der Waals surface area (Å²) in [6, 6.07) is 19.7. The number of nitrogens with one attached hydrogen (secondary N) is 1. The van der Waals surface area contributed by atoms with Gasteiger partial charge >= 0.3 is 0 Å². The fourth-order valence-electron chi connectivity index (χ4n) is 4.47. The molecule has 2 amide bonds. The van der Waals surface area contributed by atoms with Gasteiger partial charge in [-0.15, -0.1) is 0 Å². The van der Waals surface area contributed by atoms with Gasteiger partial charge in [0.2, 0.25) is 11.8 Å². The molecule has 9 heteroatoms. The SMILES string of the molecule is CC[C@H](C(=O)NC(C)C)N(Cc1ccc(OC)cc1)C(=O)CN(c1cccc(C)c1C)S(=O)(=O)c1ccccc1. The number of benzene rings is 3. The molecule has 0 fully saturated rings. The van der Waals surface area contributed by atoms with Crippen LogP contribution in [0.4, 0.5) is 5.69 Å². The molecule has 0 aliphatic rings. The molecule has 0 unspecified atom stereocenters. The monoisotopic (exact) mass is 565 g/mol. The van der Waals surface area contributed by atoms with Gasteiger partial charge in [-0.3, -0.25) is 13.9 Å². The number of amides is 2. The highest BCUT2D eigenvalue weighted by atomic mass is 32.2. The Kier molecular flexibility index (Phi) is 10.3. The van der Waals surface area contributed by atoms with Crippen LogP contribution in [0.2, 0.25) is 0 Å². The first-order chi connectivity index (χ1) is 19.0. The zero-order valence-electron chi connectivity index (χ0n) is 24.0. The van der Waals surface area contributed by atoms with E-state index in [0.717, 1.165) is 21.0 Å². The Labute approximate surface area is 238 Å². The molecule has 0 saturated carbocycles. The van der Waals surface area contributed by atoms with Crippen molar-refractivity contribution in [3.63, 3.8) is 0 Å². The Bertz CT molecular complexity index is 1410. The first kappa shape index (κ1) is 30.7. The zero-order valence-corrected chi connectivity index (χ0v) is 24.9. The highest BCUT2D eigenvalue weighted by molar-refractivity contribution is 7.92. The van der Waals surface area contributed by atoms with Crippen molar-refractivity contribution in [3.05, 3.63) is 89.5 Å². The maximum absolute atomic E-state index is 14.1. The van der Waals surface area contributed by atoms with Crippen LogP contribution in [0.15, 0.2) is 77.7 Å². The molecule has 0 bridgehead atoms. The van der Waals surface area contributed by atoms with Gasteiger partial charge < -0.3 is 15.0 Å². The molecule has 214 valence electrons. The minimum atomic E-state index is -4.11. The highest BCUT2D eigenvalue weighted by Gasteiger charge is 2.34. The summed E-state index contributed by atoms with van der Waals surface area (Å²) in [6.45, 7) is 8.93. The molecule has 3 rings (SSSR count). The van der Waals surface area contributed by atoms with Crippen molar-refractivity contribution in [2.45, 2.75) is 64.6 Å². The molecule has 0 saturated heterocycles. The van der Waals surface area contributed by atoms with Gasteiger partial charge in [0, 0.05) is 12.6 Å². The lowest BCUT2D eigenvalue weighted by molar-refractivity contribution is -0.140. The van der Waals surface area contributed by atoms with Crippen molar-refractivity contribution < 1.29 is 22.7 Å². The maximum atomic E-state index is 14.1. The van der Waals surface area contributed by atoms with E-state index in [1.165, 1.54) is 17.0 Å². The van der Waals surface area contributed by atoms with Crippen LogP contribution in [-0.4, -0.2) is 50.9 Å². The molecule has 1 N–H and O–H groups in total. The van der Waals surface area contributed by atoms with Crippen LogP contribution < -0.4 is 14.4 Å². The van der Waals surface area contributed by atoms with Crippen molar-refractivity contribution in [1.82, 2.24) is 10.2 Å². The van der Waals surface area contributed by atoms with E-state index in [-0.39, 0.29) is 23.4 Å². The van der Waals surface area contributed by atoms with Crippen LogP contribution in [0, 0.1) is 13.8 Å². The maximum Gasteiger partial charge on any atom is 0.264 e. The fourth-order valence-corrected chi connectivity index (χ4v) is 5.96. The van der Waals surface area contributed by atoms with E-state index in [1.807, 2.05) is 52.8 Å². The lowest BCUT2D eigenvalue weighted by atomic mass is 10.1. The van der Waals surface area contributed by atoms with Crippen molar-refractivity contribution >= 4 is 27.5 Å². The summed E-state index contributed by atoms with van der Waals surface area (Å²) >= 11 is 0. The Morgan fingerprint density at radius 3 is 2.15 bits per heavy atom. The van der Waals surface area contributed by atoms with Crippen LogP contribution in [0.1, 0.15) is 43.9 Å². The number of sulfonamides is 1. The number of hydrogen-bond acceptors (Lipinski definition) is 5. The second kappa shape index (κ2) is 13.5. The Morgan fingerprint density at radius 2 is 1.57 bits per heavy atom. The van der Waals surface area contributed by atoms with Crippen molar-refractivity contribution in [1.29, 1.82) is 0 Å². The molecule has 0 spiro atoms. The third-order valence-electron chi connectivity index (χ3n) is 6.78. The van der Waals surface area contributed by atoms with Gasteiger partial charge in [-0.05, 0) is 81.1 Å².